The highest BCUT2D eigenvalue weighted by Gasteiger charge is 2.42. The van der Waals surface area contributed by atoms with E-state index in [4.69, 9.17) is 10.5 Å². The van der Waals surface area contributed by atoms with Gasteiger partial charge in [-0.15, -0.1) is 0 Å². The molecule has 0 aliphatic carbocycles. The molecule has 164 valence electrons. The second-order valence-electron chi connectivity index (χ2n) is 8.88. The van der Waals surface area contributed by atoms with Gasteiger partial charge in [0.05, 0.1) is 12.5 Å². The largest absolute Gasteiger partial charge is 0.466 e. The quantitative estimate of drug-likeness (QED) is 0.657. The van der Waals surface area contributed by atoms with Crippen LogP contribution in [-0.4, -0.2) is 42.0 Å². The van der Waals surface area contributed by atoms with E-state index < -0.39 is 0 Å². The molecular weight excluding hydrogens is 388 g/mol. The van der Waals surface area contributed by atoms with Crippen LogP contribution in [0.2, 0.25) is 0 Å². The highest BCUT2D eigenvalue weighted by atomic mass is 16.5. The van der Waals surface area contributed by atoms with E-state index >= 15 is 0 Å². The molecule has 5 heteroatoms. The molecule has 2 fully saturated rings. The minimum atomic E-state index is -0.375. The zero-order valence-corrected chi connectivity index (χ0v) is 18.2. The van der Waals surface area contributed by atoms with Gasteiger partial charge in [0.1, 0.15) is 0 Å². The maximum absolute atomic E-state index is 12.7. The van der Waals surface area contributed by atoms with Crippen LogP contribution < -0.4 is 5.73 Å². The third-order valence-corrected chi connectivity index (χ3v) is 6.90. The number of esters is 1. The Hall–Kier alpha value is -2.66. The monoisotopic (exact) mass is 420 g/mol. The van der Waals surface area contributed by atoms with Gasteiger partial charge in [-0.05, 0) is 68.2 Å². The van der Waals surface area contributed by atoms with Crippen LogP contribution in [0.25, 0.3) is 0 Å². The molecule has 0 saturated carbocycles. The Balaban J connectivity index is 1.47. The number of carbonyl (C=O) groups excluding carboxylic acids is 2. The number of nitrogens with zero attached hydrogens (tertiary/aromatic N) is 1. The summed E-state index contributed by atoms with van der Waals surface area (Å²) in [4.78, 5) is 26.9. The minimum absolute atomic E-state index is 0.0953. The van der Waals surface area contributed by atoms with Gasteiger partial charge in [-0.1, -0.05) is 42.5 Å². The topological polar surface area (TPSA) is 72.6 Å². The lowest BCUT2D eigenvalue weighted by Crippen LogP contribution is -2.46. The van der Waals surface area contributed by atoms with Crippen molar-refractivity contribution in [3.8, 4) is 0 Å². The summed E-state index contributed by atoms with van der Waals surface area (Å²) in [6.45, 7) is 3.03. The number of piperidine rings is 1. The van der Waals surface area contributed by atoms with Gasteiger partial charge >= 0.3 is 5.97 Å². The maximum Gasteiger partial charge on any atom is 0.310 e. The maximum atomic E-state index is 12.7. The van der Waals surface area contributed by atoms with Crippen molar-refractivity contribution in [2.75, 3.05) is 13.2 Å². The molecule has 0 spiro atoms. The number of hydrogen-bond donors (Lipinski definition) is 1. The molecule has 3 atom stereocenters. The average molecular weight is 421 g/mol. The van der Waals surface area contributed by atoms with Gasteiger partial charge in [-0.2, -0.15) is 0 Å². The van der Waals surface area contributed by atoms with Gasteiger partial charge in [0.2, 0.25) is 5.91 Å². The summed E-state index contributed by atoms with van der Waals surface area (Å²) >= 11 is 0. The number of nitrogens with two attached hydrogens (primary N) is 1. The fraction of sp³-hybridized carbons (Fsp3) is 0.462. The summed E-state index contributed by atoms with van der Waals surface area (Å²) in [5.74, 6) is -0.189. The zero-order chi connectivity index (χ0) is 21.8. The third-order valence-electron chi connectivity index (χ3n) is 6.90. The number of fused-ring (bicyclic) bond motifs is 2. The lowest BCUT2D eigenvalue weighted by Gasteiger charge is -2.40. The Bertz CT molecular complexity index is 900. The molecular formula is C26H32N2O3. The molecule has 31 heavy (non-hydrogen) atoms. The average Bonchev–Trinajstić information content (AvgIpc) is 3.00. The number of amides is 1. The Morgan fingerprint density at radius 1 is 1.06 bits per heavy atom. The number of carbonyl (C=O) groups is 2. The number of benzene rings is 2. The summed E-state index contributed by atoms with van der Waals surface area (Å²) in [7, 11) is 0. The van der Waals surface area contributed by atoms with Gasteiger partial charge in [-0.25, -0.2) is 0 Å². The first-order chi connectivity index (χ1) is 15.0. The molecule has 2 heterocycles. The second kappa shape index (κ2) is 9.65. The fourth-order valence-electron chi connectivity index (χ4n) is 5.43. The summed E-state index contributed by atoms with van der Waals surface area (Å²) in [6, 6.07) is 18.9. The first-order valence-corrected chi connectivity index (χ1v) is 11.4. The van der Waals surface area contributed by atoms with Crippen molar-refractivity contribution in [2.24, 2.45) is 11.7 Å². The summed E-state index contributed by atoms with van der Waals surface area (Å²) in [6.07, 6.45) is 5.15. The zero-order valence-electron chi connectivity index (χ0n) is 18.2. The number of rotatable bonds is 8. The molecule has 0 aromatic heterocycles. The molecule has 3 unspecified atom stereocenters. The fourth-order valence-corrected chi connectivity index (χ4v) is 5.43. The standard InChI is InChI=1S/C26H32N2O3/c1-2-31-26(30)22(13-18-7-4-3-5-8-18)17-28-23-11-12-24(28)16-21(15-23)19-9-6-10-20(14-19)25(27)29/h3-10,14,21-24H,2,11-13,15-17H2,1H3,(H2,27,29). The van der Waals surface area contributed by atoms with E-state index in [1.165, 1.54) is 11.1 Å². The van der Waals surface area contributed by atoms with E-state index in [9.17, 15) is 9.59 Å². The van der Waals surface area contributed by atoms with Gasteiger partial charge in [0.25, 0.3) is 0 Å². The molecule has 2 aromatic carbocycles. The van der Waals surface area contributed by atoms with E-state index in [1.807, 2.05) is 37.3 Å². The summed E-state index contributed by atoms with van der Waals surface area (Å²) in [5, 5.41) is 0. The molecule has 2 N–H and O–H groups in total. The normalized spacial score (nSPS) is 24.0. The van der Waals surface area contributed by atoms with Crippen LogP contribution in [0.3, 0.4) is 0 Å². The van der Waals surface area contributed by atoms with Crippen molar-refractivity contribution in [1.29, 1.82) is 0 Å². The number of primary amides is 1. The van der Waals surface area contributed by atoms with E-state index in [2.05, 4.69) is 23.1 Å². The van der Waals surface area contributed by atoms with Crippen molar-refractivity contribution in [3.05, 3.63) is 71.3 Å². The first kappa shape index (κ1) is 21.6. The molecule has 2 aromatic rings. The van der Waals surface area contributed by atoms with Crippen LogP contribution in [0.15, 0.2) is 54.6 Å². The lowest BCUT2D eigenvalue weighted by atomic mass is 9.83. The Kier molecular flexibility index (Phi) is 6.71. The van der Waals surface area contributed by atoms with Crippen molar-refractivity contribution in [1.82, 2.24) is 4.90 Å². The Morgan fingerprint density at radius 3 is 2.42 bits per heavy atom. The SMILES string of the molecule is CCOC(=O)C(Cc1ccccc1)CN1C2CCC1CC(c1cccc(C(N)=O)c1)C2. The molecule has 2 aliphatic heterocycles. The number of ether oxygens (including phenoxy) is 1. The first-order valence-electron chi connectivity index (χ1n) is 11.4. The molecule has 2 aliphatic rings. The summed E-state index contributed by atoms with van der Waals surface area (Å²) < 4.78 is 5.43. The molecule has 2 bridgehead atoms. The van der Waals surface area contributed by atoms with Gasteiger partial charge < -0.3 is 10.5 Å². The predicted octanol–water partition coefficient (Wildman–Crippen LogP) is 3.92. The van der Waals surface area contributed by atoms with Crippen LogP contribution in [0.5, 0.6) is 0 Å². The van der Waals surface area contributed by atoms with Crippen LogP contribution in [-0.2, 0) is 16.0 Å². The van der Waals surface area contributed by atoms with E-state index in [0.717, 1.165) is 32.2 Å². The van der Waals surface area contributed by atoms with Crippen LogP contribution in [0.4, 0.5) is 0 Å². The van der Waals surface area contributed by atoms with Crippen LogP contribution in [0, 0.1) is 5.92 Å². The highest BCUT2D eigenvalue weighted by molar-refractivity contribution is 5.92. The third kappa shape index (κ3) is 4.99. The smallest absolute Gasteiger partial charge is 0.310 e. The molecule has 1 amide bonds. The van der Waals surface area contributed by atoms with Crippen molar-refractivity contribution >= 4 is 11.9 Å². The number of hydrogen-bond acceptors (Lipinski definition) is 4. The second-order valence-corrected chi connectivity index (χ2v) is 8.88. The van der Waals surface area contributed by atoms with Gasteiger partial charge in [0, 0.05) is 24.2 Å². The van der Waals surface area contributed by atoms with Crippen LogP contribution in [0.1, 0.15) is 60.0 Å². The highest BCUT2D eigenvalue weighted by Crippen LogP contribution is 2.43. The molecule has 5 nitrogen and oxygen atoms in total. The Morgan fingerprint density at radius 2 is 1.77 bits per heavy atom. The molecule has 0 radical (unpaired) electrons. The van der Waals surface area contributed by atoms with Gasteiger partial charge in [-0.3, -0.25) is 14.5 Å². The van der Waals surface area contributed by atoms with Crippen molar-refractivity contribution in [2.45, 2.75) is 57.0 Å². The Labute approximate surface area is 184 Å². The predicted molar refractivity (Wildman–Crippen MR) is 121 cm³/mol. The lowest BCUT2D eigenvalue weighted by molar-refractivity contribution is -0.149. The van der Waals surface area contributed by atoms with Crippen molar-refractivity contribution in [3.63, 3.8) is 0 Å². The minimum Gasteiger partial charge on any atom is -0.466 e. The molecule has 2 saturated heterocycles. The van der Waals surface area contributed by atoms with E-state index in [-0.39, 0.29) is 17.8 Å². The van der Waals surface area contributed by atoms with E-state index in [1.54, 1.807) is 6.07 Å². The van der Waals surface area contributed by atoms with E-state index in [0.29, 0.717) is 36.6 Å². The summed E-state index contributed by atoms with van der Waals surface area (Å²) in [5.41, 5.74) is 8.44. The molecule has 4 rings (SSSR count). The van der Waals surface area contributed by atoms with Gasteiger partial charge in [0.15, 0.2) is 0 Å². The van der Waals surface area contributed by atoms with Crippen LogP contribution >= 0.6 is 0 Å². The van der Waals surface area contributed by atoms with Crippen molar-refractivity contribution < 1.29 is 14.3 Å².